The highest BCUT2D eigenvalue weighted by atomic mass is 32.1. The molecule has 2 rings (SSSR count). The lowest BCUT2D eigenvalue weighted by Crippen LogP contribution is -2.28. The van der Waals surface area contributed by atoms with Crippen LogP contribution in [0, 0.1) is 19.8 Å². The van der Waals surface area contributed by atoms with Gasteiger partial charge in [0.05, 0.1) is 10.7 Å². The van der Waals surface area contributed by atoms with Crippen molar-refractivity contribution in [2.24, 2.45) is 11.7 Å². The minimum Gasteiger partial charge on any atom is -0.327 e. The summed E-state index contributed by atoms with van der Waals surface area (Å²) in [7, 11) is 0. The molecule has 1 aromatic rings. The summed E-state index contributed by atoms with van der Waals surface area (Å²) in [5, 5.41) is 1.22. The number of aryl methyl sites for hydroxylation is 2. The van der Waals surface area contributed by atoms with E-state index in [9.17, 15) is 0 Å². The molecule has 0 saturated heterocycles. The zero-order valence-corrected chi connectivity index (χ0v) is 10.4. The van der Waals surface area contributed by atoms with Crippen LogP contribution in [0.15, 0.2) is 0 Å². The van der Waals surface area contributed by atoms with Gasteiger partial charge in [-0.05, 0) is 26.2 Å². The second-order valence-electron chi connectivity index (χ2n) is 4.75. The number of hydrogen-bond acceptors (Lipinski definition) is 3. The fourth-order valence-electron chi connectivity index (χ4n) is 2.09. The van der Waals surface area contributed by atoms with Crippen molar-refractivity contribution < 1.29 is 0 Å². The Hall–Kier alpha value is -0.410. The summed E-state index contributed by atoms with van der Waals surface area (Å²) in [5.74, 6) is 0.905. The van der Waals surface area contributed by atoms with E-state index in [2.05, 4.69) is 18.8 Å². The molecule has 2 nitrogen and oxygen atoms in total. The third-order valence-corrected chi connectivity index (χ3v) is 4.47. The van der Waals surface area contributed by atoms with Gasteiger partial charge in [0.15, 0.2) is 0 Å². The molecule has 0 aromatic carbocycles. The van der Waals surface area contributed by atoms with Crippen LogP contribution in [0.5, 0.6) is 0 Å². The van der Waals surface area contributed by atoms with Crippen LogP contribution in [-0.4, -0.2) is 11.0 Å². The van der Waals surface area contributed by atoms with Crippen molar-refractivity contribution >= 4 is 11.3 Å². The van der Waals surface area contributed by atoms with Crippen molar-refractivity contribution in [3.05, 3.63) is 15.6 Å². The first kappa shape index (κ1) is 11.1. The molecule has 1 unspecified atom stereocenters. The van der Waals surface area contributed by atoms with Gasteiger partial charge in [0, 0.05) is 17.3 Å². The molecule has 84 valence electrons. The van der Waals surface area contributed by atoms with E-state index in [1.165, 1.54) is 41.3 Å². The van der Waals surface area contributed by atoms with Crippen molar-refractivity contribution in [3.63, 3.8) is 0 Å². The lowest BCUT2D eigenvalue weighted by molar-refractivity contribution is 0.275. The summed E-state index contributed by atoms with van der Waals surface area (Å²) >= 11 is 1.80. The molecule has 0 spiro atoms. The number of thiazole rings is 1. The van der Waals surface area contributed by atoms with E-state index < -0.39 is 0 Å². The topological polar surface area (TPSA) is 38.9 Å². The molecule has 15 heavy (non-hydrogen) atoms. The smallest absolute Gasteiger partial charge is 0.0946 e. The van der Waals surface area contributed by atoms with Crippen LogP contribution < -0.4 is 5.73 Å². The number of aromatic nitrogens is 1. The molecular formula is C12H20N2S. The SMILES string of the molecule is Cc1nc(CC(N)CC2CCC2)sc1C. The Bertz CT molecular complexity index is 309. The van der Waals surface area contributed by atoms with E-state index in [1.807, 2.05) is 0 Å². The normalized spacial score (nSPS) is 18.9. The minimum absolute atomic E-state index is 0.320. The third kappa shape index (κ3) is 2.79. The molecule has 0 bridgehead atoms. The summed E-state index contributed by atoms with van der Waals surface area (Å²) in [6.07, 6.45) is 6.35. The lowest BCUT2D eigenvalue weighted by Gasteiger charge is -2.27. The Balaban J connectivity index is 1.84. The van der Waals surface area contributed by atoms with Crippen LogP contribution in [0.25, 0.3) is 0 Å². The maximum absolute atomic E-state index is 6.14. The Labute approximate surface area is 95.9 Å². The molecule has 1 aliphatic carbocycles. The van der Waals surface area contributed by atoms with Crippen LogP contribution in [0.3, 0.4) is 0 Å². The van der Waals surface area contributed by atoms with Crippen LogP contribution in [-0.2, 0) is 6.42 Å². The van der Waals surface area contributed by atoms with Crippen LogP contribution in [0.1, 0.15) is 41.3 Å². The van der Waals surface area contributed by atoms with Gasteiger partial charge in [-0.2, -0.15) is 0 Å². The van der Waals surface area contributed by atoms with Gasteiger partial charge in [0.25, 0.3) is 0 Å². The summed E-state index contributed by atoms with van der Waals surface area (Å²) < 4.78 is 0. The first-order valence-corrected chi connectivity index (χ1v) is 6.65. The molecule has 0 amide bonds. The molecule has 1 heterocycles. The van der Waals surface area contributed by atoms with Gasteiger partial charge in [0.2, 0.25) is 0 Å². The average molecular weight is 224 g/mol. The largest absolute Gasteiger partial charge is 0.327 e. The monoisotopic (exact) mass is 224 g/mol. The van der Waals surface area contributed by atoms with E-state index in [-0.39, 0.29) is 0 Å². The average Bonchev–Trinajstić information content (AvgIpc) is 2.39. The second kappa shape index (κ2) is 4.62. The van der Waals surface area contributed by atoms with Crippen LogP contribution in [0.2, 0.25) is 0 Å². The molecule has 1 atom stereocenters. The fourth-order valence-corrected chi connectivity index (χ4v) is 3.12. The first-order valence-electron chi connectivity index (χ1n) is 5.83. The highest BCUT2D eigenvalue weighted by Gasteiger charge is 2.20. The van der Waals surface area contributed by atoms with E-state index in [4.69, 9.17) is 5.73 Å². The fraction of sp³-hybridized carbons (Fsp3) is 0.750. The second-order valence-corrected chi connectivity index (χ2v) is 6.03. The van der Waals surface area contributed by atoms with Gasteiger partial charge in [0.1, 0.15) is 0 Å². The number of nitrogens with zero attached hydrogens (tertiary/aromatic N) is 1. The predicted octanol–water partition coefficient (Wildman–Crippen LogP) is 2.82. The summed E-state index contributed by atoms with van der Waals surface area (Å²) in [5.41, 5.74) is 7.31. The Morgan fingerprint density at radius 2 is 2.20 bits per heavy atom. The van der Waals surface area contributed by atoms with Crippen molar-refractivity contribution in [1.82, 2.24) is 4.98 Å². The maximum atomic E-state index is 6.14. The van der Waals surface area contributed by atoms with Crippen molar-refractivity contribution in [2.75, 3.05) is 0 Å². The summed E-state index contributed by atoms with van der Waals surface area (Å²) in [4.78, 5) is 5.87. The van der Waals surface area contributed by atoms with E-state index in [1.54, 1.807) is 11.3 Å². The van der Waals surface area contributed by atoms with Gasteiger partial charge >= 0.3 is 0 Å². The highest BCUT2D eigenvalue weighted by Crippen LogP contribution is 2.31. The van der Waals surface area contributed by atoms with Gasteiger partial charge in [-0.15, -0.1) is 11.3 Å². The molecular weight excluding hydrogens is 204 g/mol. The standard InChI is InChI=1S/C12H20N2S/c1-8-9(2)15-12(14-8)7-11(13)6-10-4-3-5-10/h10-11H,3-7,13H2,1-2H3. The predicted molar refractivity (Wildman–Crippen MR) is 65.2 cm³/mol. The van der Waals surface area contributed by atoms with Gasteiger partial charge in [-0.1, -0.05) is 19.3 Å². The molecule has 1 saturated carbocycles. The molecule has 3 heteroatoms. The quantitative estimate of drug-likeness (QED) is 0.854. The van der Waals surface area contributed by atoms with Crippen LogP contribution in [0.4, 0.5) is 0 Å². The third-order valence-electron chi connectivity index (χ3n) is 3.37. The van der Waals surface area contributed by atoms with Gasteiger partial charge in [-0.25, -0.2) is 4.98 Å². The molecule has 0 radical (unpaired) electrons. The molecule has 2 N–H and O–H groups in total. The summed E-state index contributed by atoms with van der Waals surface area (Å²) in [6.45, 7) is 4.21. The zero-order chi connectivity index (χ0) is 10.8. The molecule has 1 aliphatic rings. The molecule has 0 aliphatic heterocycles. The number of nitrogens with two attached hydrogens (primary N) is 1. The van der Waals surface area contributed by atoms with Gasteiger partial charge in [-0.3, -0.25) is 0 Å². The highest BCUT2D eigenvalue weighted by molar-refractivity contribution is 7.11. The van der Waals surface area contributed by atoms with Crippen molar-refractivity contribution in [1.29, 1.82) is 0 Å². The van der Waals surface area contributed by atoms with E-state index in [0.717, 1.165) is 12.3 Å². The molecule has 1 aromatic heterocycles. The molecule has 1 fully saturated rings. The maximum Gasteiger partial charge on any atom is 0.0946 e. The first-order chi connectivity index (χ1) is 7.15. The Morgan fingerprint density at radius 3 is 2.67 bits per heavy atom. The Morgan fingerprint density at radius 1 is 1.47 bits per heavy atom. The van der Waals surface area contributed by atoms with Crippen molar-refractivity contribution in [3.8, 4) is 0 Å². The summed E-state index contributed by atoms with van der Waals surface area (Å²) in [6, 6.07) is 0.320. The van der Waals surface area contributed by atoms with E-state index >= 15 is 0 Å². The lowest BCUT2D eigenvalue weighted by atomic mass is 9.80. The van der Waals surface area contributed by atoms with Crippen molar-refractivity contribution in [2.45, 2.75) is 52.0 Å². The van der Waals surface area contributed by atoms with Gasteiger partial charge < -0.3 is 5.73 Å². The Kier molecular flexibility index (Phi) is 3.42. The zero-order valence-electron chi connectivity index (χ0n) is 9.62. The van der Waals surface area contributed by atoms with E-state index in [0.29, 0.717) is 6.04 Å². The minimum atomic E-state index is 0.320. The number of rotatable bonds is 4. The number of hydrogen-bond donors (Lipinski definition) is 1. The van der Waals surface area contributed by atoms with Crippen LogP contribution >= 0.6 is 11.3 Å².